The third-order valence-corrected chi connectivity index (χ3v) is 4.67. The Labute approximate surface area is 119 Å². The number of ether oxygens (including phenoxy) is 1. The van der Waals surface area contributed by atoms with E-state index in [0.717, 1.165) is 25.8 Å². The lowest BCUT2D eigenvalue weighted by Crippen LogP contribution is -2.56. The predicted octanol–water partition coefficient (Wildman–Crippen LogP) is 0.371. The molecule has 4 atom stereocenters. The first-order chi connectivity index (χ1) is 9.47. The van der Waals surface area contributed by atoms with Gasteiger partial charge in [0.1, 0.15) is 5.41 Å². The number of rotatable bonds is 4. The molecule has 2 heterocycles. The van der Waals surface area contributed by atoms with E-state index in [4.69, 9.17) is 4.74 Å². The van der Waals surface area contributed by atoms with E-state index in [-0.39, 0.29) is 25.2 Å². The molecule has 2 aliphatic heterocycles. The molecule has 0 bridgehead atoms. The Hall–Kier alpha value is -1.14. The Kier molecular flexibility index (Phi) is 4.65. The lowest BCUT2D eigenvalue weighted by molar-refractivity contribution is -0.149. The third kappa shape index (κ3) is 2.96. The summed E-state index contributed by atoms with van der Waals surface area (Å²) in [5, 5.41) is 15.4. The molecule has 0 aromatic rings. The predicted molar refractivity (Wildman–Crippen MR) is 73.3 cm³/mol. The molecule has 3 N–H and O–H groups in total. The minimum Gasteiger partial charge on any atom is -0.481 e. The summed E-state index contributed by atoms with van der Waals surface area (Å²) in [7, 11) is 0. The van der Waals surface area contributed by atoms with Crippen LogP contribution in [-0.2, 0) is 14.3 Å². The Morgan fingerprint density at radius 3 is 2.90 bits per heavy atom. The van der Waals surface area contributed by atoms with Gasteiger partial charge in [-0.25, -0.2) is 0 Å². The number of carboxylic acid groups (broad SMARTS) is 1. The number of hydrogen-bond acceptors (Lipinski definition) is 4. The van der Waals surface area contributed by atoms with Gasteiger partial charge in [-0.15, -0.1) is 0 Å². The molecule has 6 heteroatoms. The van der Waals surface area contributed by atoms with Crippen molar-refractivity contribution in [1.29, 1.82) is 0 Å². The zero-order valence-electron chi connectivity index (χ0n) is 12.1. The molecule has 4 unspecified atom stereocenters. The van der Waals surface area contributed by atoms with Crippen LogP contribution in [0, 0.1) is 11.3 Å². The van der Waals surface area contributed by atoms with Crippen molar-refractivity contribution in [2.24, 2.45) is 11.3 Å². The number of carbonyl (C=O) groups is 2. The van der Waals surface area contributed by atoms with Crippen molar-refractivity contribution in [2.45, 2.75) is 45.2 Å². The van der Waals surface area contributed by atoms with Gasteiger partial charge in [-0.3, -0.25) is 9.59 Å². The van der Waals surface area contributed by atoms with E-state index in [1.165, 1.54) is 0 Å². The maximum Gasteiger partial charge on any atom is 0.313 e. The maximum absolute atomic E-state index is 12.3. The molecule has 2 saturated heterocycles. The molecule has 114 valence electrons. The quantitative estimate of drug-likeness (QED) is 0.694. The van der Waals surface area contributed by atoms with Gasteiger partial charge in [0.05, 0.1) is 25.3 Å². The number of hydrogen-bond donors (Lipinski definition) is 3. The van der Waals surface area contributed by atoms with E-state index in [2.05, 4.69) is 17.6 Å². The second-order valence-electron chi connectivity index (χ2n) is 6.10. The Balaban J connectivity index is 1.95. The van der Waals surface area contributed by atoms with Crippen LogP contribution in [0.4, 0.5) is 0 Å². The van der Waals surface area contributed by atoms with Crippen LogP contribution in [0.2, 0.25) is 0 Å². The SMILES string of the molecule is CCC1CCNC(C(=O)NC2COCC2(C)C(=O)O)C1. The summed E-state index contributed by atoms with van der Waals surface area (Å²) >= 11 is 0. The molecular weight excluding hydrogens is 260 g/mol. The number of carboxylic acids is 1. The highest BCUT2D eigenvalue weighted by atomic mass is 16.5. The van der Waals surface area contributed by atoms with Gasteiger partial charge in [0, 0.05) is 0 Å². The number of piperidine rings is 1. The Morgan fingerprint density at radius 1 is 1.50 bits per heavy atom. The van der Waals surface area contributed by atoms with Crippen molar-refractivity contribution >= 4 is 11.9 Å². The maximum atomic E-state index is 12.3. The van der Waals surface area contributed by atoms with Crippen LogP contribution in [0.1, 0.15) is 33.1 Å². The van der Waals surface area contributed by atoms with E-state index in [1.54, 1.807) is 6.92 Å². The normalized spacial score (nSPS) is 37.6. The molecule has 2 aliphatic rings. The van der Waals surface area contributed by atoms with Crippen LogP contribution in [-0.4, -0.2) is 48.8 Å². The standard InChI is InChI=1S/C14H24N2O4/c1-3-9-4-5-15-10(6-9)12(17)16-11-7-20-8-14(11,2)13(18)19/h9-11,15H,3-8H2,1-2H3,(H,16,17)(H,18,19). The summed E-state index contributed by atoms with van der Waals surface area (Å²) in [5.41, 5.74) is -1.03. The van der Waals surface area contributed by atoms with Gasteiger partial charge in [-0.05, 0) is 32.2 Å². The van der Waals surface area contributed by atoms with Crippen LogP contribution in [0.5, 0.6) is 0 Å². The van der Waals surface area contributed by atoms with Crippen molar-refractivity contribution in [3.8, 4) is 0 Å². The highest BCUT2D eigenvalue weighted by Crippen LogP contribution is 2.29. The lowest BCUT2D eigenvalue weighted by Gasteiger charge is -2.31. The topological polar surface area (TPSA) is 87.7 Å². The van der Waals surface area contributed by atoms with Crippen molar-refractivity contribution < 1.29 is 19.4 Å². The molecule has 0 aromatic heterocycles. The minimum absolute atomic E-state index is 0.105. The summed E-state index contributed by atoms with van der Waals surface area (Å²) in [6.07, 6.45) is 2.99. The van der Waals surface area contributed by atoms with Crippen LogP contribution >= 0.6 is 0 Å². The number of nitrogens with one attached hydrogen (secondary N) is 2. The molecule has 2 fully saturated rings. The van der Waals surface area contributed by atoms with Gasteiger partial charge in [0.25, 0.3) is 0 Å². The van der Waals surface area contributed by atoms with Gasteiger partial charge >= 0.3 is 5.97 Å². The van der Waals surface area contributed by atoms with E-state index in [1.807, 2.05) is 0 Å². The van der Waals surface area contributed by atoms with Gasteiger partial charge in [-0.2, -0.15) is 0 Å². The Morgan fingerprint density at radius 2 is 2.25 bits per heavy atom. The highest BCUT2D eigenvalue weighted by Gasteiger charge is 2.47. The van der Waals surface area contributed by atoms with Crippen LogP contribution < -0.4 is 10.6 Å². The second-order valence-corrected chi connectivity index (χ2v) is 6.10. The molecule has 0 radical (unpaired) electrons. The van der Waals surface area contributed by atoms with Crippen molar-refractivity contribution in [3.05, 3.63) is 0 Å². The van der Waals surface area contributed by atoms with Crippen molar-refractivity contribution in [3.63, 3.8) is 0 Å². The molecule has 0 aromatic carbocycles. The van der Waals surface area contributed by atoms with Crippen LogP contribution in [0.25, 0.3) is 0 Å². The molecule has 0 spiro atoms. The molecule has 0 aliphatic carbocycles. The van der Waals surface area contributed by atoms with E-state index >= 15 is 0 Å². The first-order valence-corrected chi connectivity index (χ1v) is 7.32. The fourth-order valence-corrected chi connectivity index (χ4v) is 2.92. The average molecular weight is 284 g/mol. The first kappa shape index (κ1) is 15.3. The fourth-order valence-electron chi connectivity index (χ4n) is 2.92. The zero-order chi connectivity index (χ0) is 14.8. The summed E-state index contributed by atoms with van der Waals surface area (Å²) < 4.78 is 5.25. The summed E-state index contributed by atoms with van der Waals surface area (Å²) in [6, 6.07) is -0.677. The molecule has 2 rings (SSSR count). The van der Waals surface area contributed by atoms with Gasteiger partial charge in [-0.1, -0.05) is 13.3 Å². The first-order valence-electron chi connectivity index (χ1n) is 7.32. The van der Waals surface area contributed by atoms with Crippen LogP contribution in [0.3, 0.4) is 0 Å². The van der Waals surface area contributed by atoms with Gasteiger partial charge in [0.2, 0.25) is 5.91 Å². The van der Waals surface area contributed by atoms with Gasteiger partial charge in [0.15, 0.2) is 0 Å². The molecular formula is C14H24N2O4. The van der Waals surface area contributed by atoms with Crippen molar-refractivity contribution in [1.82, 2.24) is 10.6 Å². The molecule has 20 heavy (non-hydrogen) atoms. The van der Waals surface area contributed by atoms with Gasteiger partial charge < -0.3 is 20.5 Å². The lowest BCUT2D eigenvalue weighted by atomic mass is 9.84. The highest BCUT2D eigenvalue weighted by molar-refractivity contribution is 5.84. The molecule has 6 nitrogen and oxygen atoms in total. The van der Waals surface area contributed by atoms with Crippen LogP contribution in [0.15, 0.2) is 0 Å². The smallest absolute Gasteiger partial charge is 0.313 e. The van der Waals surface area contributed by atoms with E-state index < -0.39 is 17.4 Å². The second kappa shape index (κ2) is 6.10. The Bertz CT molecular complexity index is 387. The monoisotopic (exact) mass is 284 g/mol. The van der Waals surface area contributed by atoms with E-state index in [9.17, 15) is 14.7 Å². The summed E-state index contributed by atoms with van der Waals surface area (Å²) in [4.78, 5) is 23.6. The third-order valence-electron chi connectivity index (χ3n) is 4.67. The summed E-state index contributed by atoms with van der Waals surface area (Å²) in [5.74, 6) is -0.466. The largest absolute Gasteiger partial charge is 0.481 e. The average Bonchev–Trinajstić information content (AvgIpc) is 2.81. The number of carbonyl (C=O) groups excluding carboxylic acids is 1. The molecule has 0 saturated carbocycles. The fraction of sp³-hybridized carbons (Fsp3) is 0.857. The minimum atomic E-state index is -1.03. The van der Waals surface area contributed by atoms with Crippen molar-refractivity contribution in [2.75, 3.05) is 19.8 Å². The number of amides is 1. The van der Waals surface area contributed by atoms with E-state index in [0.29, 0.717) is 5.92 Å². The molecule has 1 amide bonds. The zero-order valence-corrected chi connectivity index (χ0v) is 12.1. The summed E-state index contributed by atoms with van der Waals surface area (Å²) in [6.45, 7) is 5.00. The number of aliphatic carboxylic acids is 1.